The van der Waals surface area contributed by atoms with Gasteiger partial charge in [-0.2, -0.15) is 5.26 Å². The van der Waals surface area contributed by atoms with Gasteiger partial charge in [0.15, 0.2) is 0 Å². The van der Waals surface area contributed by atoms with Crippen LogP contribution in [0.2, 0.25) is 0 Å². The van der Waals surface area contributed by atoms with Crippen LogP contribution in [0.1, 0.15) is 37.5 Å². The summed E-state index contributed by atoms with van der Waals surface area (Å²) in [6.45, 7) is 9.35. The second-order valence-corrected chi connectivity index (χ2v) is 5.67. The first-order valence-corrected chi connectivity index (χ1v) is 7.82. The van der Waals surface area contributed by atoms with Crippen LogP contribution in [0.3, 0.4) is 0 Å². The Morgan fingerprint density at radius 1 is 1.33 bits per heavy atom. The molecule has 1 N–H and O–H groups in total. The molecule has 4 heteroatoms. The average Bonchev–Trinajstić information content (AvgIpc) is 2.97. The van der Waals surface area contributed by atoms with Crippen LogP contribution in [0.25, 0.3) is 0 Å². The van der Waals surface area contributed by atoms with E-state index in [-0.39, 0.29) is 0 Å². The lowest BCUT2D eigenvalue weighted by Crippen LogP contribution is -2.38. The van der Waals surface area contributed by atoms with Gasteiger partial charge in [0.05, 0.1) is 17.7 Å². The molecule has 114 valence electrons. The molecule has 1 fully saturated rings. The SMILES string of the molecule is CCN(CC)C1CCN(CC(O)c2ccc(C#N)cc2)C1. The summed E-state index contributed by atoms with van der Waals surface area (Å²) in [5, 5.41) is 19.1. The second kappa shape index (κ2) is 7.56. The first-order valence-electron chi connectivity index (χ1n) is 7.82. The van der Waals surface area contributed by atoms with E-state index in [2.05, 4.69) is 29.7 Å². The first-order chi connectivity index (χ1) is 10.2. The van der Waals surface area contributed by atoms with Crippen molar-refractivity contribution in [3.05, 3.63) is 35.4 Å². The van der Waals surface area contributed by atoms with Crippen LogP contribution in [-0.4, -0.2) is 53.7 Å². The maximum atomic E-state index is 10.3. The van der Waals surface area contributed by atoms with Gasteiger partial charge in [-0.25, -0.2) is 0 Å². The normalized spacial score (nSPS) is 20.6. The molecular formula is C17H25N3O. The van der Waals surface area contributed by atoms with Gasteiger partial charge in [0, 0.05) is 19.1 Å². The number of β-amino-alcohol motifs (C(OH)–C–C–N with tert-alkyl or cyclic N) is 1. The van der Waals surface area contributed by atoms with Gasteiger partial charge in [0.1, 0.15) is 0 Å². The standard InChI is InChI=1S/C17H25N3O/c1-3-20(4-2)16-9-10-19(12-16)13-17(21)15-7-5-14(11-18)6-8-15/h5-8,16-17,21H,3-4,9-10,12-13H2,1-2H3. The molecule has 1 heterocycles. The van der Waals surface area contributed by atoms with Crippen LogP contribution in [0.5, 0.6) is 0 Å². The van der Waals surface area contributed by atoms with Crippen LogP contribution in [0.4, 0.5) is 0 Å². The minimum absolute atomic E-state index is 0.479. The second-order valence-electron chi connectivity index (χ2n) is 5.67. The lowest BCUT2D eigenvalue weighted by Gasteiger charge is -2.26. The Morgan fingerprint density at radius 3 is 2.57 bits per heavy atom. The summed E-state index contributed by atoms with van der Waals surface area (Å²) < 4.78 is 0. The Kier molecular flexibility index (Phi) is 5.75. The highest BCUT2D eigenvalue weighted by atomic mass is 16.3. The van der Waals surface area contributed by atoms with Crippen LogP contribution >= 0.6 is 0 Å². The van der Waals surface area contributed by atoms with Crippen molar-refractivity contribution in [1.29, 1.82) is 5.26 Å². The van der Waals surface area contributed by atoms with Gasteiger partial charge in [-0.1, -0.05) is 26.0 Å². The molecule has 0 aliphatic carbocycles. The van der Waals surface area contributed by atoms with Crippen molar-refractivity contribution in [3.8, 4) is 6.07 Å². The summed E-state index contributed by atoms with van der Waals surface area (Å²) in [6, 6.07) is 9.95. The molecule has 0 radical (unpaired) electrons. The number of likely N-dealkylation sites (tertiary alicyclic amines) is 1. The van der Waals surface area contributed by atoms with Gasteiger partial charge in [0.25, 0.3) is 0 Å². The first kappa shape index (κ1) is 16.0. The van der Waals surface area contributed by atoms with Crippen LogP contribution in [0.15, 0.2) is 24.3 Å². The lowest BCUT2D eigenvalue weighted by molar-refractivity contribution is 0.119. The van der Waals surface area contributed by atoms with E-state index in [0.29, 0.717) is 18.2 Å². The zero-order valence-electron chi connectivity index (χ0n) is 13.0. The Bertz CT molecular complexity index is 476. The highest BCUT2D eigenvalue weighted by molar-refractivity contribution is 5.32. The summed E-state index contributed by atoms with van der Waals surface area (Å²) in [4.78, 5) is 4.83. The van der Waals surface area contributed by atoms with Crippen molar-refractivity contribution >= 4 is 0 Å². The molecule has 1 aliphatic rings. The van der Waals surface area contributed by atoms with Crippen LogP contribution < -0.4 is 0 Å². The topological polar surface area (TPSA) is 50.5 Å². The van der Waals surface area contributed by atoms with E-state index in [9.17, 15) is 5.11 Å². The molecule has 1 aliphatic heterocycles. The third-order valence-electron chi connectivity index (χ3n) is 4.43. The van der Waals surface area contributed by atoms with E-state index in [1.54, 1.807) is 12.1 Å². The summed E-state index contributed by atoms with van der Waals surface area (Å²) in [7, 11) is 0. The van der Waals surface area contributed by atoms with Crippen molar-refractivity contribution in [1.82, 2.24) is 9.80 Å². The molecule has 2 unspecified atom stereocenters. The summed E-state index contributed by atoms with van der Waals surface area (Å²) in [5.41, 5.74) is 1.52. The number of rotatable bonds is 6. The van der Waals surface area contributed by atoms with E-state index >= 15 is 0 Å². The van der Waals surface area contributed by atoms with E-state index in [4.69, 9.17) is 5.26 Å². The van der Waals surface area contributed by atoms with Gasteiger partial charge in [-0.05, 0) is 43.8 Å². The van der Waals surface area contributed by atoms with Crippen LogP contribution in [-0.2, 0) is 0 Å². The molecule has 2 rings (SSSR count). The Morgan fingerprint density at radius 2 is 2.00 bits per heavy atom. The smallest absolute Gasteiger partial charge is 0.0991 e. The summed E-state index contributed by atoms with van der Waals surface area (Å²) in [6.07, 6.45) is 0.704. The Labute approximate surface area is 127 Å². The maximum Gasteiger partial charge on any atom is 0.0991 e. The van der Waals surface area contributed by atoms with Gasteiger partial charge in [0.2, 0.25) is 0 Å². The molecule has 21 heavy (non-hydrogen) atoms. The fraction of sp³-hybridized carbons (Fsp3) is 0.588. The molecule has 4 nitrogen and oxygen atoms in total. The molecule has 1 aromatic carbocycles. The highest BCUT2D eigenvalue weighted by Crippen LogP contribution is 2.20. The third-order valence-corrected chi connectivity index (χ3v) is 4.43. The minimum Gasteiger partial charge on any atom is -0.387 e. The molecule has 0 bridgehead atoms. The summed E-state index contributed by atoms with van der Waals surface area (Å²) in [5.74, 6) is 0. The van der Waals surface area contributed by atoms with E-state index in [1.807, 2.05) is 12.1 Å². The number of nitrogens with zero attached hydrogens (tertiary/aromatic N) is 3. The fourth-order valence-corrected chi connectivity index (χ4v) is 3.15. The van der Waals surface area contributed by atoms with Crippen LogP contribution in [0, 0.1) is 11.3 Å². The van der Waals surface area contributed by atoms with E-state index in [0.717, 1.165) is 31.7 Å². The van der Waals surface area contributed by atoms with Crippen molar-refractivity contribution in [3.63, 3.8) is 0 Å². The third kappa shape index (κ3) is 4.04. The molecule has 1 aromatic rings. The number of aliphatic hydroxyl groups is 1. The number of likely N-dealkylation sites (N-methyl/N-ethyl adjacent to an activating group) is 1. The molecule has 1 saturated heterocycles. The van der Waals surface area contributed by atoms with Gasteiger partial charge >= 0.3 is 0 Å². The molecule has 0 amide bonds. The predicted molar refractivity (Wildman–Crippen MR) is 83.9 cm³/mol. The van der Waals surface area contributed by atoms with Crippen molar-refractivity contribution < 1.29 is 5.11 Å². The number of nitriles is 1. The number of aliphatic hydroxyl groups excluding tert-OH is 1. The Hall–Kier alpha value is -1.41. The van der Waals surface area contributed by atoms with Crippen molar-refractivity contribution in [2.75, 3.05) is 32.7 Å². The predicted octanol–water partition coefficient (Wildman–Crippen LogP) is 2.01. The summed E-state index contributed by atoms with van der Waals surface area (Å²) >= 11 is 0. The number of benzene rings is 1. The van der Waals surface area contributed by atoms with Crippen molar-refractivity contribution in [2.24, 2.45) is 0 Å². The minimum atomic E-state index is -0.479. The zero-order chi connectivity index (χ0) is 15.2. The van der Waals surface area contributed by atoms with E-state index < -0.39 is 6.10 Å². The highest BCUT2D eigenvalue weighted by Gasteiger charge is 2.27. The Balaban J connectivity index is 1.88. The molecular weight excluding hydrogens is 262 g/mol. The largest absolute Gasteiger partial charge is 0.387 e. The molecule has 0 aromatic heterocycles. The van der Waals surface area contributed by atoms with Gasteiger partial charge in [-0.3, -0.25) is 9.80 Å². The van der Waals surface area contributed by atoms with Gasteiger partial charge in [-0.15, -0.1) is 0 Å². The molecule has 2 atom stereocenters. The molecule has 0 spiro atoms. The quantitative estimate of drug-likeness (QED) is 0.869. The van der Waals surface area contributed by atoms with E-state index in [1.165, 1.54) is 6.42 Å². The lowest BCUT2D eigenvalue weighted by atomic mass is 10.1. The number of hydrogen-bond acceptors (Lipinski definition) is 4. The zero-order valence-corrected chi connectivity index (χ0v) is 13.0. The monoisotopic (exact) mass is 287 g/mol. The maximum absolute atomic E-state index is 10.3. The van der Waals surface area contributed by atoms with Gasteiger partial charge < -0.3 is 5.11 Å². The number of hydrogen-bond donors (Lipinski definition) is 1. The fourth-order valence-electron chi connectivity index (χ4n) is 3.15. The van der Waals surface area contributed by atoms with Crippen molar-refractivity contribution in [2.45, 2.75) is 32.4 Å². The average molecular weight is 287 g/mol. The molecule has 0 saturated carbocycles.